The average molecular weight is 466 g/mol. The average Bonchev–Trinajstić information content (AvgIpc) is 2.88. The lowest BCUT2D eigenvalue weighted by molar-refractivity contribution is -0.131. The Bertz CT molecular complexity index is 917. The highest BCUT2D eigenvalue weighted by Crippen LogP contribution is 2.19. The second-order valence-corrected chi connectivity index (χ2v) is 9.71. The Morgan fingerprint density at radius 3 is 2.44 bits per heavy atom. The van der Waals surface area contributed by atoms with Crippen LogP contribution in [-0.4, -0.2) is 92.1 Å². The van der Waals surface area contributed by atoms with Gasteiger partial charge in [0.15, 0.2) is 0 Å². The van der Waals surface area contributed by atoms with Crippen LogP contribution in [0.5, 0.6) is 5.75 Å². The summed E-state index contributed by atoms with van der Waals surface area (Å²) in [6.45, 7) is 6.44. The van der Waals surface area contributed by atoms with Crippen LogP contribution in [0.25, 0.3) is 0 Å². The number of likely N-dealkylation sites (tertiary alicyclic amines) is 1. The predicted molar refractivity (Wildman–Crippen MR) is 136 cm³/mol. The molecule has 2 aliphatic rings. The SMILES string of the molecule is COc1cccc(CCC(=O)N2CCN(c3ccc(CN4CCC(N(C)C)CC4)cn3)CC2)c1. The van der Waals surface area contributed by atoms with Crippen LogP contribution in [0, 0.1) is 0 Å². The maximum atomic E-state index is 12.7. The zero-order chi connectivity index (χ0) is 23.9. The number of pyridine rings is 1. The highest BCUT2D eigenvalue weighted by atomic mass is 16.5. The Balaban J connectivity index is 1.20. The molecule has 1 aromatic heterocycles. The first-order valence-corrected chi connectivity index (χ1v) is 12.5. The monoisotopic (exact) mass is 465 g/mol. The minimum atomic E-state index is 0.226. The van der Waals surface area contributed by atoms with Crippen molar-refractivity contribution in [3.63, 3.8) is 0 Å². The number of carbonyl (C=O) groups excluding carboxylic acids is 1. The van der Waals surface area contributed by atoms with Gasteiger partial charge in [-0.3, -0.25) is 9.69 Å². The summed E-state index contributed by atoms with van der Waals surface area (Å²) in [7, 11) is 6.03. The van der Waals surface area contributed by atoms with Crippen molar-refractivity contribution in [2.24, 2.45) is 0 Å². The van der Waals surface area contributed by atoms with Crippen molar-refractivity contribution < 1.29 is 9.53 Å². The van der Waals surface area contributed by atoms with Crippen molar-refractivity contribution in [2.75, 3.05) is 65.4 Å². The second-order valence-electron chi connectivity index (χ2n) is 9.71. The molecule has 2 aromatic rings. The van der Waals surface area contributed by atoms with Gasteiger partial charge in [0.25, 0.3) is 0 Å². The van der Waals surface area contributed by atoms with Crippen LogP contribution >= 0.6 is 0 Å². The Kier molecular flexibility index (Phi) is 8.40. The number of amides is 1. The molecule has 0 bridgehead atoms. The maximum absolute atomic E-state index is 12.7. The second kappa shape index (κ2) is 11.7. The van der Waals surface area contributed by atoms with Gasteiger partial charge in [-0.05, 0) is 75.8 Å². The van der Waals surface area contributed by atoms with E-state index in [9.17, 15) is 4.79 Å². The summed E-state index contributed by atoms with van der Waals surface area (Å²) in [5.41, 5.74) is 2.41. The molecule has 34 heavy (non-hydrogen) atoms. The molecule has 7 heteroatoms. The third kappa shape index (κ3) is 6.48. The number of anilines is 1. The quantitative estimate of drug-likeness (QED) is 0.598. The first-order valence-electron chi connectivity index (χ1n) is 12.5. The standard InChI is InChI=1S/C27H39N5O2/c1-29(2)24-11-13-30(14-12-24)21-23-7-9-26(28-20-23)31-15-17-32(18-16-31)27(33)10-8-22-5-4-6-25(19-22)34-3/h4-7,9,19-20,24H,8,10-18,21H2,1-3H3. The number of hydrogen-bond donors (Lipinski definition) is 0. The summed E-state index contributed by atoms with van der Waals surface area (Å²) in [4.78, 5) is 26.6. The lowest BCUT2D eigenvalue weighted by atomic mass is 10.0. The van der Waals surface area contributed by atoms with Gasteiger partial charge in [-0.2, -0.15) is 0 Å². The third-order valence-electron chi connectivity index (χ3n) is 7.22. The normalized spacial score (nSPS) is 17.9. The van der Waals surface area contributed by atoms with Crippen molar-refractivity contribution >= 4 is 11.7 Å². The Morgan fingerprint density at radius 1 is 1.03 bits per heavy atom. The Labute approximate surface area is 204 Å². The Morgan fingerprint density at radius 2 is 1.79 bits per heavy atom. The number of aromatic nitrogens is 1. The van der Waals surface area contributed by atoms with Crippen molar-refractivity contribution in [1.29, 1.82) is 0 Å². The summed E-state index contributed by atoms with van der Waals surface area (Å²) in [5.74, 6) is 2.08. The number of nitrogens with zero attached hydrogens (tertiary/aromatic N) is 5. The van der Waals surface area contributed by atoms with E-state index >= 15 is 0 Å². The van der Waals surface area contributed by atoms with E-state index in [-0.39, 0.29) is 5.91 Å². The summed E-state index contributed by atoms with van der Waals surface area (Å²) >= 11 is 0. The van der Waals surface area contributed by atoms with Gasteiger partial charge in [0, 0.05) is 51.4 Å². The molecule has 1 amide bonds. The molecule has 0 unspecified atom stereocenters. The maximum Gasteiger partial charge on any atom is 0.223 e. The van der Waals surface area contributed by atoms with E-state index in [0.717, 1.165) is 69.4 Å². The smallest absolute Gasteiger partial charge is 0.223 e. The molecule has 2 aliphatic heterocycles. The first kappa shape index (κ1) is 24.5. The number of aryl methyl sites for hydroxylation is 1. The largest absolute Gasteiger partial charge is 0.497 e. The van der Waals surface area contributed by atoms with E-state index < -0.39 is 0 Å². The van der Waals surface area contributed by atoms with Crippen molar-refractivity contribution in [3.8, 4) is 5.75 Å². The van der Waals surface area contributed by atoms with Gasteiger partial charge >= 0.3 is 0 Å². The highest BCUT2D eigenvalue weighted by molar-refractivity contribution is 5.76. The molecule has 0 spiro atoms. The first-order chi connectivity index (χ1) is 16.5. The molecule has 0 saturated carbocycles. The van der Waals surface area contributed by atoms with Crippen LogP contribution in [0.2, 0.25) is 0 Å². The lowest BCUT2D eigenvalue weighted by Gasteiger charge is -2.36. The van der Waals surface area contributed by atoms with E-state index in [4.69, 9.17) is 9.72 Å². The number of hydrogen-bond acceptors (Lipinski definition) is 6. The van der Waals surface area contributed by atoms with Crippen LogP contribution in [0.4, 0.5) is 5.82 Å². The predicted octanol–water partition coefficient (Wildman–Crippen LogP) is 2.90. The number of piperazine rings is 1. The molecular weight excluding hydrogens is 426 g/mol. The van der Waals surface area contributed by atoms with Gasteiger partial charge in [-0.15, -0.1) is 0 Å². The topological polar surface area (TPSA) is 52.2 Å². The number of benzene rings is 1. The minimum Gasteiger partial charge on any atom is -0.497 e. The molecular formula is C27H39N5O2. The van der Waals surface area contributed by atoms with Gasteiger partial charge in [0.2, 0.25) is 5.91 Å². The number of carbonyl (C=O) groups is 1. The zero-order valence-corrected chi connectivity index (χ0v) is 20.9. The van der Waals surface area contributed by atoms with Gasteiger partial charge in [-0.1, -0.05) is 18.2 Å². The molecule has 4 rings (SSSR count). The number of rotatable bonds is 8. The van der Waals surface area contributed by atoms with Crippen molar-refractivity contribution in [2.45, 2.75) is 38.3 Å². The molecule has 2 saturated heterocycles. The van der Waals surface area contributed by atoms with Gasteiger partial charge < -0.3 is 19.4 Å². The molecule has 2 fully saturated rings. The number of ether oxygens (including phenoxy) is 1. The number of piperidine rings is 1. The summed E-state index contributed by atoms with van der Waals surface area (Å²) in [6, 6.07) is 13.0. The van der Waals surface area contributed by atoms with Crippen LogP contribution in [0.3, 0.4) is 0 Å². The lowest BCUT2D eigenvalue weighted by Crippen LogP contribution is -2.49. The fourth-order valence-electron chi connectivity index (χ4n) is 4.97. The fraction of sp³-hybridized carbons (Fsp3) is 0.556. The van der Waals surface area contributed by atoms with E-state index in [1.807, 2.05) is 29.3 Å². The van der Waals surface area contributed by atoms with E-state index in [0.29, 0.717) is 12.5 Å². The highest BCUT2D eigenvalue weighted by Gasteiger charge is 2.23. The van der Waals surface area contributed by atoms with Crippen LogP contribution in [0.1, 0.15) is 30.4 Å². The van der Waals surface area contributed by atoms with Gasteiger partial charge in [0.1, 0.15) is 11.6 Å². The minimum absolute atomic E-state index is 0.226. The summed E-state index contributed by atoms with van der Waals surface area (Å²) in [5, 5.41) is 0. The third-order valence-corrected chi connectivity index (χ3v) is 7.22. The summed E-state index contributed by atoms with van der Waals surface area (Å²) < 4.78 is 5.28. The molecule has 7 nitrogen and oxygen atoms in total. The van der Waals surface area contributed by atoms with Gasteiger partial charge in [-0.25, -0.2) is 4.98 Å². The molecule has 3 heterocycles. The molecule has 184 valence electrons. The Hall–Kier alpha value is -2.64. The molecule has 1 aromatic carbocycles. The van der Waals surface area contributed by atoms with Crippen LogP contribution < -0.4 is 9.64 Å². The van der Waals surface area contributed by atoms with Gasteiger partial charge in [0.05, 0.1) is 7.11 Å². The van der Waals surface area contributed by atoms with E-state index in [1.54, 1.807) is 7.11 Å². The molecule has 0 aliphatic carbocycles. The molecule has 0 N–H and O–H groups in total. The summed E-state index contributed by atoms with van der Waals surface area (Å²) in [6.07, 6.45) is 5.78. The number of methoxy groups -OCH3 is 1. The van der Waals surface area contributed by atoms with E-state index in [2.05, 4.69) is 47.0 Å². The zero-order valence-electron chi connectivity index (χ0n) is 20.9. The van der Waals surface area contributed by atoms with Crippen molar-refractivity contribution in [1.82, 2.24) is 19.7 Å². The van der Waals surface area contributed by atoms with Crippen molar-refractivity contribution in [3.05, 3.63) is 53.7 Å². The fourth-order valence-corrected chi connectivity index (χ4v) is 4.97. The molecule has 0 atom stereocenters. The van der Waals surface area contributed by atoms with Crippen LogP contribution in [0.15, 0.2) is 42.6 Å². The van der Waals surface area contributed by atoms with E-state index in [1.165, 1.54) is 18.4 Å². The van der Waals surface area contributed by atoms with Crippen LogP contribution in [-0.2, 0) is 17.8 Å². The molecule has 0 radical (unpaired) electrons.